The number of carbonyl (C=O) groups excluding carboxylic acids is 1. The summed E-state index contributed by atoms with van der Waals surface area (Å²) in [5, 5.41) is 0. The van der Waals surface area contributed by atoms with Gasteiger partial charge in [0, 0.05) is 5.41 Å². The Labute approximate surface area is 102 Å². The van der Waals surface area contributed by atoms with Crippen LogP contribution in [0.3, 0.4) is 0 Å². The fourth-order valence-corrected chi connectivity index (χ4v) is 1.56. The van der Waals surface area contributed by atoms with Gasteiger partial charge in [-0.05, 0) is 34.5 Å². The van der Waals surface area contributed by atoms with Crippen LogP contribution >= 0.6 is 15.9 Å². The molecule has 16 heavy (non-hydrogen) atoms. The van der Waals surface area contributed by atoms with Crippen molar-refractivity contribution in [2.45, 2.75) is 27.2 Å². The minimum atomic E-state index is -0.827. The van der Waals surface area contributed by atoms with Gasteiger partial charge in [-0.15, -0.1) is 0 Å². The first kappa shape index (κ1) is 13.3. The molecule has 0 aliphatic heterocycles. The molecule has 0 aliphatic rings. The highest BCUT2D eigenvalue weighted by molar-refractivity contribution is 9.10. The van der Waals surface area contributed by atoms with Gasteiger partial charge in [-0.3, -0.25) is 4.79 Å². The Hall–Kier alpha value is -0.770. The molecule has 0 atom stereocenters. The van der Waals surface area contributed by atoms with Crippen LogP contribution in [0, 0.1) is 17.0 Å². The van der Waals surface area contributed by atoms with Crippen molar-refractivity contribution in [2.24, 2.45) is 5.41 Å². The normalized spacial score (nSPS) is 11.6. The largest absolute Gasteiger partial charge is 0.293 e. The lowest BCUT2D eigenvalue weighted by atomic mass is 9.81. The Bertz CT molecular complexity index is 427. The number of halogens is 3. The fourth-order valence-electron chi connectivity index (χ4n) is 1.23. The topological polar surface area (TPSA) is 17.1 Å². The summed E-state index contributed by atoms with van der Waals surface area (Å²) < 4.78 is 27.2. The molecule has 0 saturated carbocycles. The summed E-state index contributed by atoms with van der Waals surface area (Å²) in [6, 6.07) is 2.34. The third-order valence-electron chi connectivity index (χ3n) is 2.77. The summed E-state index contributed by atoms with van der Waals surface area (Å²) in [6.45, 7) is 5.16. The maximum Gasteiger partial charge on any atom is 0.174 e. The molecular weight excluding hydrogens is 278 g/mol. The van der Waals surface area contributed by atoms with Crippen LogP contribution in [0.15, 0.2) is 16.6 Å². The first-order chi connectivity index (χ1) is 7.31. The minimum Gasteiger partial charge on any atom is -0.293 e. The van der Waals surface area contributed by atoms with Gasteiger partial charge in [-0.2, -0.15) is 0 Å². The standard InChI is InChI=1S/C12H13BrF2O/c1-4-12(2,3)11(16)9-8(14)6-5-7(13)10(9)15/h5-6H,4H2,1-3H3. The second-order valence-corrected chi connectivity index (χ2v) is 5.14. The Morgan fingerprint density at radius 2 is 1.94 bits per heavy atom. The molecule has 1 aromatic rings. The monoisotopic (exact) mass is 290 g/mol. The summed E-state index contributed by atoms with van der Waals surface area (Å²) in [7, 11) is 0. The van der Waals surface area contributed by atoms with E-state index in [1.807, 2.05) is 6.92 Å². The van der Waals surface area contributed by atoms with Gasteiger partial charge in [-0.1, -0.05) is 20.8 Å². The Balaban J connectivity index is 3.34. The zero-order valence-electron chi connectivity index (χ0n) is 9.40. The van der Waals surface area contributed by atoms with Crippen LogP contribution in [0.5, 0.6) is 0 Å². The van der Waals surface area contributed by atoms with E-state index in [9.17, 15) is 13.6 Å². The highest BCUT2D eigenvalue weighted by Gasteiger charge is 2.31. The maximum atomic E-state index is 13.7. The van der Waals surface area contributed by atoms with Crippen molar-refractivity contribution in [1.82, 2.24) is 0 Å². The van der Waals surface area contributed by atoms with Gasteiger partial charge in [0.2, 0.25) is 0 Å². The van der Waals surface area contributed by atoms with Crippen LogP contribution in [0.1, 0.15) is 37.6 Å². The molecule has 1 rings (SSSR count). The number of rotatable bonds is 3. The Morgan fingerprint density at radius 1 is 1.38 bits per heavy atom. The van der Waals surface area contributed by atoms with Crippen molar-refractivity contribution < 1.29 is 13.6 Å². The van der Waals surface area contributed by atoms with Gasteiger partial charge in [0.1, 0.15) is 5.82 Å². The number of hydrogen-bond donors (Lipinski definition) is 0. The summed E-state index contributed by atoms with van der Waals surface area (Å²) in [5.74, 6) is -2.15. The summed E-state index contributed by atoms with van der Waals surface area (Å²) in [4.78, 5) is 12.0. The first-order valence-corrected chi connectivity index (χ1v) is 5.79. The highest BCUT2D eigenvalue weighted by atomic mass is 79.9. The molecule has 0 bridgehead atoms. The molecule has 0 N–H and O–H groups in total. The van der Waals surface area contributed by atoms with Gasteiger partial charge in [0.05, 0.1) is 10.0 Å². The van der Waals surface area contributed by atoms with E-state index >= 15 is 0 Å². The summed E-state index contributed by atoms with van der Waals surface area (Å²) in [6.07, 6.45) is 0.525. The van der Waals surface area contributed by atoms with Crippen molar-refractivity contribution in [3.63, 3.8) is 0 Å². The fraction of sp³-hybridized carbons (Fsp3) is 0.417. The van der Waals surface area contributed by atoms with E-state index in [0.717, 1.165) is 6.07 Å². The molecule has 0 unspecified atom stereocenters. The lowest BCUT2D eigenvalue weighted by Crippen LogP contribution is -2.25. The third-order valence-corrected chi connectivity index (χ3v) is 3.38. The maximum absolute atomic E-state index is 13.7. The molecule has 0 aromatic heterocycles. The molecule has 0 radical (unpaired) electrons. The Kier molecular flexibility index (Phi) is 3.84. The Morgan fingerprint density at radius 3 is 2.44 bits per heavy atom. The average molecular weight is 291 g/mol. The highest BCUT2D eigenvalue weighted by Crippen LogP contribution is 2.30. The third kappa shape index (κ3) is 2.32. The van der Waals surface area contributed by atoms with Gasteiger partial charge < -0.3 is 0 Å². The number of benzene rings is 1. The molecule has 4 heteroatoms. The molecule has 88 valence electrons. The van der Waals surface area contributed by atoms with Gasteiger partial charge in [0.15, 0.2) is 11.6 Å². The number of hydrogen-bond acceptors (Lipinski definition) is 1. The predicted molar refractivity (Wildman–Crippen MR) is 62.5 cm³/mol. The van der Waals surface area contributed by atoms with E-state index in [4.69, 9.17) is 0 Å². The molecule has 0 amide bonds. The van der Waals surface area contributed by atoms with Crippen LogP contribution in [-0.2, 0) is 0 Å². The van der Waals surface area contributed by atoms with E-state index in [1.54, 1.807) is 13.8 Å². The zero-order chi connectivity index (χ0) is 12.5. The lowest BCUT2D eigenvalue weighted by Gasteiger charge is -2.21. The quantitative estimate of drug-likeness (QED) is 0.598. The van der Waals surface area contributed by atoms with Crippen molar-refractivity contribution in [3.05, 3.63) is 33.8 Å². The molecule has 0 saturated heterocycles. The van der Waals surface area contributed by atoms with E-state index in [2.05, 4.69) is 15.9 Å². The molecule has 1 aromatic carbocycles. The van der Waals surface area contributed by atoms with Crippen LogP contribution < -0.4 is 0 Å². The minimum absolute atomic E-state index is 0.101. The van der Waals surface area contributed by atoms with Crippen molar-refractivity contribution in [3.8, 4) is 0 Å². The van der Waals surface area contributed by atoms with E-state index in [0.29, 0.717) is 6.42 Å². The molecule has 0 fully saturated rings. The van der Waals surface area contributed by atoms with E-state index < -0.39 is 28.4 Å². The second-order valence-electron chi connectivity index (χ2n) is 4.28. The van der Waals surface area contributed by atoms with Crippen LogP contribution in [0.4, 0.5) is 8.78 Å². The lowest BCUT2D eigenvalue weighted by molar-refractivity contribution is 0.0823. The number of ketones is 1. The average Bonchev–Trinajstić information content (AvgIpc) is 2.24. The molecule has 0 spiro atoms. The van der Waals surface area contributed by atoms with Crippen LogP contribution in [-0.4, -0.2) is 5.78 Å². The van der Waals surface area contributed by atoms with Gasteiger partial charge >= 0.3 is 0 Å². The smallest absolute Gasteiger partial charge is 0.174 e. The van der Waals surface area contributed by atoms with Crippen molar-refractivity contribution in [2.75, 3.05) is 0 Å². The summed E-state index contributed by atoms with van der Waals surface area (Å²) >= 11 is 2.94. The van der Waals surface area contributed by atoms with Gasteiger partial charge in [-0.25, -0.2) is 8.78 Å². The van der Waals surface area contributed by atoms with E-state index in [-0.39, 0.29) is 4.47 Å². The zero-order valence-corrected chi connectivity index (χ0v) is 11.0. The first-order valence-electron chi connectivity index (χ1n) is 4.99. The predicted octanol–water partition coefficient (Wildman–Crippen LogP) is 4.35. The second kappa shape index (κ2) is 4.62. The SMILES string of the molecule is CCC(C)(C)C(=O)c1c(F)ccc(Br)c1F. The molecule has 1 nitrogen and oxygen atoms in total. The molecule has 0 aliphatic carbocycles. The van der Waals surface area contributed by atoms with Crippen LogP contribution in [0.2, 0.25) is 0 Å². The number of Topliss-reactive ketones (excluding diaryl/α,β-unsaturated/α-hetero) is 1. The molecular formula is C12H13BrF2O. The summed E-state index contributed by atoms with van der Waals surface area (Å²) in [5.41, 5.74) is -1.22. The van der Waals surface area contributed by atoms with Crippen molar-refractivity contribution >= 4 is 21.7 Å². The van der Waals surface area contributed by atoms with Crippen molar-refractivity contribution in [1.29, 1.82) is 0 Å². The van der Waals surface area contributed by atoms with E-state index in [1.165, 1.54) is 6.07 Å². The van der Waals surface area contributed by atoms with Gasteiger partial charge in [0.25, 0.3) is 0 Å². The van der Waals surface area contributed by atoms with Crippen LogP contribution in [0.25, 0.3) is 0 Å². The molecule has 0 heterocycles. The number of carbonyl (C=O) groups is 1.